The number of pyridine rings is 1. The molecule has 2 rings (SSSR count). The van der Waals surface area contributed by atoms with Crippen LogP contribution in [0.3, 0.4) is 0 Å². The highest BCUT2D eigenvalue weighted by Gasteiger charge is 2.35. The van der Waals surface area contributed by atoms with Crippen molar-refractivity contribution in [1.29, 1.82) is 0 Å². The van der Waals surface area contributed by atoms with E-state index in [2.05, 4.69) is 44.8 Å². The summed E-state index contributed by atoms with van der Waals surface area (Å²) in [5.74, 6) is 2.20. The standard InChI is InChI=1S/C19H32N2/c1-5-14-6-9-18(21-13-14)11-16-10-17(19(2,3)4)8-7-15(16)12-20/h6,9,13,15-17H,5,7-8,10-12,20H2,1-4H3. The fourth-order valence-electron chi connectivity index (χ4n) is 3.73. The summed E-state index contributed by atoms with van der Waals surface area (Å²) in [7, 11) is 0. The van der Waals surface area contributed by atoms with E-state index < -0.39 is 0 Å². The first-order valence-corrected chi connectivity index (χ1v) is 8.58. The Morgan fingerprint density at radius 1 is 1.19 bits per heavy atom. The van der Waals surface area contributed by atoms with Gasteiger partial charge in [0.05, 0.1) is 0 Å². The van der Waals surface area contributed by atoms with Gasteiger partial charge in [0.25, 0.3) is 0 Å². The smallest absolute Gasteiger partial charge is 0.0406 e. The van der Waals surface area contributed by atoms with Crippen LogP contribution in [0, 0.1) is 23.2 Å². The molecule has 2 N–H and O–H groups in total. The van der Waals surface area contributed by atoms with Gasteiger partial charge in [-0.05, 0) is 73.4 Å². The minimum absolute atomic E-state index is 0.414. The lowest BCUT2D eigenvalue weighted by molar-refractivity contribution is 0.101. The highest BCUT2D eigenvalue weighted by molar-refractivity contribution is 5.14. The Labute approximate surface area is 130 Å². The van der Waals surface area contributed by atoms with Gasteiger partial charge in [-0.15, -0.1) is 0 Å². The highest BCUT2D eigenvalue weighted by atomic mass is 14.7. The van der Waals surface area contributed by atoms with Crippen LogP contribution in [0.1, 0.15) is 58.2 Å². The molecule has 1 aliphatic carbocycles. The molecule has 3 atom stereocenters. The molecule has 2 nitrogen and oxygen atoms in total. The Bertz CT molecular complexity index is 430. The molecule has 1 aromatic heterocycles. The van der Waals surface area contributed by atoms with Crippen LogP contribution in [0.15, 0.2) is 18.3 Å². The first-order chi connectivity index (χ1) is 9.94. The molecule has 1 saturated carbocycles. The third kappa shape index (κ3) is 4.29. The van der Waals surface area contributed by atoms with Gasteiger partial charge in [-0.2, -0.15) is 0 Å². The SMILES string of the molecule is CCc1ccc(CC2CC(C(C)(C)C)CCC2CN)nc1. The number of aromatic nitrogens is 1. The second-order valence-corrected chi connectivity index (χ2v) is 7.85. The Hall–Kier alpha value is -0.890. The minimum atomic E-state index is 0.414. The van der Waals surface area contributed by atoms with Crippen molar-refractivity contribution >= 4 is 0 Å². The molecule has 2 heteroatoms. The lowest BCUT2D eigenvalue weighted by Gasteiger charge is -2.41. The lowest BCUT2D eigenvalue weighted by Crippen LogP contribution is -2.36. The zero-order chi connectivity index (χ0) is 15.5. The summed E-state index contributed by atoms with van der Waals surface area (Å²) in [6, 6.07) is 4.44. The Morgan fingerprint density at radius 3 is 2.48 bits per heavy atom. The zero-order valence-electron chi connectivity index (χ0n) is 14.2. The average Bonchev–Trinajstić information content (AvgIpc) is 2.47. The third-order valence-corrected chi connectivity index (χ3v) is 5.43. The first kappa shape index (κ1) is 16.5. The molecular weight excluding hydrogens is 256 g/mol. The first-order valence-electron chi connectivity index (χ1n) is 8.58. The predicted octanol–water partition coefficient (Wildman–Crippen LogP) is 4.22. The molecule has 118 valence electrons. The van der Waals surface area contributed by atoms with Crippen molar-refractivity contribution in [3.05, 3.63) is 29.6 Å². The van der Waals surface area contributed by atoms with Crippen LogP contribution in [0.4, 0.5) is 0 Å². The van der Waals surface area contributed by atoms with Gasteiger partial charge in [-0.3, -0.25) is 4.98 Å². The summed E-state index contributed by atoms with van der Waals surface area (Å²) >= 11 is 0. The number of hydrogen-bond donors (Lipinski definition) is 1. The molecule has 0 amide bonds. The van der Waals surface area contributed by atoms with E-state index in [1.165, 1.54) is 30.5 Å². The van der Waals surface area contributed by atoms with E-state index in [1.807, 2.05) is 6.20 Å². The fourth-order valence-corrected chi connectivity index (χ4v) is 3.73. The molecule has 0 saturated heterocycles. The molecule has 0 bridgehead atoms. The zero-order valence-corrected chi connectivity index (χ0v) is 14.2. The van der Waals surface area contributed by atoms with Gasteiger partial charge in [0.2, 0.25) is 0 Å². The maximum atomic E-state index is 6.03. The predicted molar refractivity (Wildman–Crippen MR) is 90.1 cm³/mol. The largest absolute Gasteiger partial charge is 0.330 e. The van der Waals surface area contributed by atoms with Crippen LogP contribution in [0.2, 0.25) is 0 Å². The van der Waals surface area contributed by atoms with Crippen molar-refractivity contribution in [2.75, 3.05) is 6.54 Å². The Balaban J connectivity index is 2.06. The molecular formula is C19H32N2. The molecule has 3 unspecified atom stereocenters. The van der Waals surface area contributed by atoms with E-state index in [9.17, 15) is 0 Å². The van der Waals surface area contributed by atoms with Gasteiger partial charge >= 0.3 is 0 Å². The maximum Gasteiger partial charge on any atom is 0.0406 e. The van der Waals surface area contributed by atoms with Crippen molar-refractivity contribution < 1.29 is 0 Å². The summed E-state index contributed by atoms with van der Waals surface area (Å²) in [4.78, 5) is 4.66. The van der Waals surface area contributed by atoms with Gasteiger partial charge < -0.3 is 5.73 Å². The molecule has 1 heterocycles. The number of hydrogen-bond acceptors (Lipinski definition) is 2. The summed E-state index contributed by atoms with van der Waals surface area (Å²) < 4.78 is 0. The average molecular weight is 288 g/mol. The van der Waals surface area contributed by atoms with Gasteiger partial charge in [0, 0.05) is 11.9 Å². The van der Waals surface area contributed by atoms with Crippen molar-refractivity contribution in [1.82, 2.24) is 4.98 Å². The summed E-state index contributed by atoms with van der Waals surface area (Å²) in [5, 5.41) is 0. The van der Waals surface area contributed by atoms with Crippen molar-refractivity contribution in [2.24, 2.45) is 28.9 Å². The van der Waals surface area contributed by atoms with E-state index in [4.69, 9.17) is 5.73 Å². The van der Waals surface area contributed by atoms with E-state index in [0.29, 0.717) is 17.3 Å². The second-order valence-electron chi connectivity index (χ2n) is 7.85. The number of nitrogens with two attached hydrogens (primary N) is 1. The van der Waals surface area contributed by atoms with E-state index >= 15 is 0 Å². The maximum absolute atomic E-state index is 6.03. The lowest BCUT2D eigenvalue weighted by atomic mass is 9.64. The second kappa shape index (κ2) is 6.91. The van der Waals surface area contributed by atoms with Gasteiger partial charge in [-0.1, -0.05) is 33.8 Å². The van der Waals surface area contributed by atoms with Crippen molar-refractivity contribution in [2.45, 2.75) is 59.8 Å². The van der Waals surface area contributed by atoms with Crippen LogP contribution >= 0.6 is 0 Å². The summed E-state index contributed by atoms with van der Waals surface area (Å²) in [6.07, 6.45) is 8.13. The number of aryl methyl sites for hydroxylation is 1. The van der Waals surface area contributed by atoms with Gasteiger partial charge in [0.15, 0.2) is 0 Å². The molecule has 0 radical (unpaired) electrons. The molecule has 0 spiro atoms. The van der Waals surface area contributed by atoms with E-state index in [1.54, 1.807) is 0 Å². The third-order valence-electron chi connectivity index (χ3n) is 5.43. The summed E-state index contributed by atoms with van der Waals surface area (Å²) in [6.45, 7) is 10.1. The number of nitrogens with zero attached hydrogens (tertiary/aromatic N) is 1. The molecule has 0 aliphatic heterocycles. The number of rotatable bonds is 4. The quantitative estimate of drug-likeness (QED) is 0.900. The van der Waals surface area contributed by atoms with Crippen LogP contribution < -0.4 is 5.73 Å². The molecule has 1 aromatic rings. The van der Waals surface area contributed by atoms with Crippen LogP contribution in [-0.4, -0.2) is 11.5 Å². The van der Waals surface area contributed by atoms with E-state index in [-0.39, 0.29) is 0 Å². The Kier molecular flexibility index (Phi) is 5.43. The highest BCUT2D eigenvalue weighted by Crippen LogP contribution is 2.43. The molecule has 21 heavy (non-hydrogen) atoms. The molecule has 0 aromatic carbocycles. The summed E-state index contributed by atoms with van der Waals surface area (Å²) in [5.41, 5.74) is 9.01. The normalized spacial score (nSPS) is 26.8. The van der Waals surface area contributed by atoms with Crippen LogP contribution in [0.5, 0.6) is 0 Å². The minimum Gasteiger partial charge on any atom is -0.330 e. The molecule has 1 aliphatic rings. The molecule has 1 fully saturated rings. The van der Waals surface area contributed by atoms with Gasteiger partial charge in [0.1, 0.15) is 0 Å². The van der Waals surface area contributed by atoms with Crippen LogP contribution in [-0.2, 0) is 12.8 Å². The fraction of sp³-hybridized carbons (Fsp3) is 0.737. The van der Waals surface area contributed by atoms with Crippen LogP contribution in [0.25, 0.3) is 0 Å². The topological polar surface area (TPSA) is 38.9 Å². The monoisotopic (exact) mass is 288 g/mol. The Morgan fingerprint density at radius 2 is 1.95 bits per heavy atom. The van der Waals surface area contributed by atoms with E-state index in [0.717, 1.165) is 25.3 Å². The van der Waals surface area contributed by atoms with Gasteiger partial charge in [-0.25, -0.2) is 0 Å². The van der Waals surface area contributed by atoms with Crippen molar-refractivity contribution in [3.8, 4) is 0 Å². The van der Waals surface area contributed by atoms with Crippen molar-refractivity contribution in [3.63, 3.8) is 0 Å².